The van der Waals surface area contributed by atoms with Gasteiger partial charge in [0.1, 0.15) is 17.4 Å². The summed E-state index contributed by atoms with van der Waals surface area (Å²) in [6.07, 6.45) is 2.47. The molecular weight excluding hydrogens is 306 g/mol. The number of imidazole rings is 1. The average Bonchev–Trinajstić information content (AvgIpc) is 2.86. The summed E-state index contributed by atoms with van der Waals surface area (Å²) in [5, 5.41) is 9.25. The number of halogens is 1. The molecule has 0 unspecified atom stereocenters. The second kappa shape index (κ2) is 6.17. The van der Waals surface area contributed by atoms with E-state index in [1.807, 2.05) is 12.1 Å². The first kappa shape index (κ1) is 14.6. The summed E-state index contributed by atoms with van der Waals surface area (Å²) in [7, 11) is -0.685. The van der Waals surface area contributed by atoms with Gasteiger partial charge in [-0.25, -0.2) is 4.98 Å². The van der Waals surface area contributed by atoms with Gasteiger partial charge < -0.3 is 4.57 Å². The van der Waals surface area contributed by atoms with Crippen LogP contribution in [0.3, 0.4) is 0 Å². The monoisotopic (exact) mass is 321 g/mol. The van der Waals surface area contributed by atoms with Crippen molar-refractivity contribution in [2.24, 2.45) is 0 Å². The minimum Gasteiger partial charge on any atom is -0.325 e. The molecule has 0 atom stereocenters. The third-order valence-electron chi connectivity index (χ3n) is 3.95. The van der Waals surface area contributed by atoms with Crippen molar-refractivity contribution in [1.82, 2.24) is 9.55 Å². The molecule has 21 heavy (non-hydrogen) atoms. The number of aryl methyl sites for hydroxylation is 1. The van der Waals surface area contributed by atoms with Crippen LogP contribution in [0.2, 0.25) is 0 Å². The number of alkyl halides is 1. The quantitative estimate of drug-likeness (QED) is 0.817. The summed E-state index contributed by atoms with van der Waals surface area (Å²) < 4.78 is 13.8. The molecule has 1 aromatic heterocycles. The Balaban J connectivity index is 2.12. The van der Waals surface area contributed by atoms with Gasteiger partial charge in [0.15, 0.2) is 0 Å². The van der Waals surface area contributed by atoms with Crippen LogP contribution in [0, 0.1) is 11.3 Å². The van der Waals surface area contributed by atoms with Crippen molar-refractivity contribution >= 4 is 33.4 Å². The second-order valence-corrected chi connectivity index (χ2v) is 7.28. The van der Waals surface area contributed by atoms with E-state index in [9.17, 15) is 9.47 Å². The Morgan fingerprint density at radius 3 is 2.86 bits per heavy atom. The number of para-hydroxylation sites is 1. The van der Waals surface area contributed by atoms with Crippen LogP contribution >= 0.6 is 11.6 Å². The predicted molar refractivity (Wildman–Crippen MR) is 85.0 cm³/mol. The summed E-state index contributed by atoms with van der Waals surface area (Å²) in [6, 6.07) is 8.20. The Bertz CT molecular complexity index is 724. The molecule has 1 aliphatic rings. The van der Waals surface area contributed by atoms with Gasteiger partial charge in [-0.05, 0) is 25.0 Å². The largest absolute Gasteiger partial charge is 0.325 e. The minimum absolute atomic E-state index is 0.305. The molecule has 0 aliphatic carbocycles. The molecule has 2 aromatic rings. The second-order valence-electron chi connectivity index (χ2n) is 5.20. The van der Waals surface area contributed by atoms with Crippen molar-refractivity contribution in [3.63, 3.8) is 0 Å². The molecule has 2 heterocycles. The Morgan fingerprint density at radius 2 is 2.19 bits per heavy atom. The smallest absolute Gasteiger partial charge is 0.111 e. The van der Waals surface area contributed by atoms with Gasteiger partial charge in [0.2, 0.25) is 0 Å². The molecule has 0 spiro atoms. The number of benzene rings is 1. The van der Waals surface area contributed by atoms with E-state index in [1.54, 1.807) is 6.07 Å². The van der Waals surface area contributed by atoms with E-state index in [4.69, 9.17) is 11.6 Å². The first-order valence-electron chi connectivity index (χ1n) is 7.05. The molecule has 0 bridgehead atoms. The lowest BCUT2D eigenvalue weighted by Crippen LogP contribution is -2.23. The van der Waals surface area contributed by atoms with Crippen LogP contribution in [0.4, 0.5) is 0 Å². The first-order valence-corrected chi connectivity index (χ1v) is 9.07. The fourth-order valence-corrected chi connectivity index (χ4v) is 4.41. The van der Waals surface area contributed by atoms with Gasteiger partial charge in [-0.15, -0.1) is 11.6 Å². The van der Waals surface area contributed by atoms with E-state index >= 15 is 0 Å². The van der Waals surface area contributed by atoms with Gasteiger partial charge in [0.05, 0.1) is 11.1 Å². The highest BCUT2D eigenvalue weighted by molar-refractivity contribution is 7.85. The fourth-order valence-electron chi connectivity index (χ4n) is 2.96. The first-order chi connectivity index (χ1) is 10.2. The van der Waals surface area contributed by atoms with Gasteiger partial charge >= 0.3 is 0 Å². The number of aromatic nitrogens is 2. The normalized spacial score (nSPS) is 22.3. The van der Waals surface area contributed by atoms with E-state index in [0.29, 0.717) is 23.9 Å². The molecule has 1 fully saturated rings. The molecule has 6 heteroatoms. The minimum atomic E-state index is -0.685. The predicted octanol–water partition coefficient (Wildman–Crippen LogP) is 2.77. The molecule has 1 saturated heterocycles. The van der Waals surface area contributed by atoms with E-state index in [1.165, 1.54) is 0 Å². The molecule has 3 rings (SSSR count). The van der Waals surface area contributed by atoms with Crippen LogP contribution in [0.5, 0.6) is 0 Å². The molecule has 4 nitrogen and oxygen atoms in total. The van der Waals surface area contributed by atoms with E-state index in [0.717, 1.165) is 41.2 Å². The summed E-state index contributed by atoms with van der Waals surface area (Å²) in [4.78, 5) is 4.65. The zero-order valence-corrected chi connectivity index (χ0v) is 13.2. The SMILES string of the molecule is N#Cc1cccc2c1nc(CCCl)n2C1CCS(=O)CC1. The highest BCUT2D eigenvalue weighted by atomic mass is 35.5. The molecule has 0 N–H and O–H groups in total. The van der Waals surface area contributed by atoms with Crippen molar-refractivity contribution in [2.75, 3.05) is 17.4 Å². The van der Waals surface area contributed by atoms with E-state index in [2.05, 4.69) is 15.6 Å². The van der Waals surface area contributed by atoms with Crippen LogP contribution in [0.1, 0.15) is 30.3 Å². The standard InChI is InChI=1S/C15H16ClN3OS/c16-7-4-14-18-15-11(10-17)2-1-3-13(15)19(14)12-5-8-21(20)9-6-12/h1-3,12H,4-9H2. The maximum Gasteiger partial charge on any atom is 0.111 e. The number of nitrogens with zero attached hydrogens (tertiary/aromatic N) is 3. The van der Waals surface area contributed by atoms with Crippen molar-refractivity contribution in [3.05, 3.63) is 29.6 Å². The Labute approximate surface area is 131 Å². The molecular formula is C15H16ClN3OS. The van der Waals surface area contributed by atoms with Gasteiger partial charge in [0.25, 0.3) is 0 Å². The number of hydrogen-bond acceptors (Lipinski definition) is 3. The Morgan fingerprint density at radius 1 is 1.43 bits per heavy atom. The summed E-state index contributed by atoms with van der Waals surface area (Å²) in [6.45, 7) is 0. The van der Waals surface area contributed by atoms with Gasteiger partial charge in [-0.3, -0.25) is 4.21 Å². The lowest BCUT2D eigenvalue weighted by atomic mass is 10.1. The Hall–Kier alpha value is -1.38. The molecule has 0 radical (unpaired) electrons. The third-order valence-corrected chi connectivity index (χ3v) is 5.53. The zero-order valence-electron chi connectivity index (χ0n) is 11.6. The van der Waals surface area contributed by atoms with E-state index < -0.39 is 10.8 Å². The number of hydrogen-bond donors (Lipinski definition) is 0. The number of fused-ring (bicyclic) bond motifs is 1. The maximum absolute atomic E-state index is 11.6. The summed E-state index contributed by atoms with van der Waals surface area (Å²) in [5.41, 5.74) is 2.35. The zero-order chi connectivity index (χ0) is 14.8. The number of rotatable bonds is 3. The van der Waals surface area contributed by atoms with Gasteiger partial charge in [-0.1, -0.05) is 6.07 Å². The molecule has 110 valence electrons. The molecule has 0 saturated carbocycles. The highest BCUT2D eigenvalue weighted by Gasteiger charge is 2.24. The molecule has 1 aromatic carbocycles. The van der Waals surface area contributed by atoms with Crippen molar-refractivity contribution in [2.45, 2.75) is 25.3 Å². The van der Waals surface area contributed by atoms with Crippen LogP contribution in [-0.2, 0) is 17.2 Å². The van der Waals surface area contributed by atoms with Crippen molar-refractivity contribution in [1.29, 1.82) is 5.26 Å². The third kappa shape index (κ3) is 2.70. The van der Waals surface area contributed by atoms with Crippen LogP contribution in [0.15, 0.2) is 18.2 Å². The van der Waals surface area contributed by atoms with Crippen molar-refractivity contribution < 1.29 is 4.21 Å². The van der Waals surface area contributed by atoms with Crippen LogP contribution in [-0.4, -0.2) is 31.1 Å². The lowest BCUT2D eigenvalue weighted by Gasteiger charge is -2.25. The Kier molecular flexibility index (Phi) is 4.27. The summed E-state index contributed by atoms with van der Waals surface area (Å²) >= 11 is 5.90. The van der Waals surface area contributed by atoms with Gasteiger partial charge in [0, 0.05) is 40.6 Å². The fraction of sp³-hybridized carbons (Fsp3) is 0.467. The lowest BCUT2D eigenvalue weighted by molar-refractivity contribution is 0.459. The van der Waals surface area contributed by atoms with Crippen LogP contribution in [0.25, 0.3) is 11.0 Å². The van der Waals surface area contributed by atoms with Crippen molar-refractivity contribution in [3.8, 4) is 6.07 Å². The van der Waals surface area contributed by atoms with Gasteiger partial charge in [-0.2, -0.15) is 5.26 Å². The highest BCUT2D eigenvalue weighted by Crippen LogP contribution is 2.30. The molecule has 0 amide bonds. The maximum atomic E-state index is 11.6. The average molecular weight is 322 g/mol. The topological polar surface area (TPSA) is 58.7 Å². The van der Waals surface area contributed by atoms with E-state index in [-0.39, 0.29) is 0 Å². The number of nitriles is 1. The molecule has 1 aliphatic heterocycles. The summed E-state index contributed by atoms with van der Waals surface area (Å²) in [5.74, 6) is 2.91. The van der Waals surface area contributed by atoms with Crippen LogP contribution < -0.4 is 0 Å².